The highest BCUT2D eigenvalue weighted by atomic mass is 16.5. The van der Waals surface area contributed by atoms with Gasteiger partial charge in [-0.1, -0.05) is 12.1 Å². The molecule has 4 nitrogen and oxygen atoms in total. The quantitative estimate of drug-likeness (QED) is 0.755. The summed E-state index contributed by atoms with van der Waals surface area (Å²) in [5.41, 5.74) is 1.05. The van der Waals surface area contributed by atoms with E-state index in [1.807, 2.05) is 31.2 Å². The maximum Gasteiger partial charge on any atom is 0.118 e. The van der Waals surface area contributed by atoms with Crippen LogP contribution in [0.1, 0.15) is 18.9 Å². The van der Waals surface area contributed by atoms with E-state index in [1.165, 1.54) is 0 Å². The van der Waals surface area contributed by atoms with E-state index in [1.54, 1.807) is 7.11 Å². The number of hydrogen-bond acceptors (Lipinski definition) is 4. The molecule has 0 radical (unpaired) electrons. The SMILES string of the molecule is COc1ccc(CO[C@@H](C)C[C@@H](O)CO)cc1. The molecule has 0 bridgehead atoms. The van der Waals surface area contributed by atoms with Crippen molar-refractivity contribution in [3.05, 3.63) is 29.8 Å². The fraction of sp³-hybridized carbons (Fsp3) is 0.538. The van der Waals surface area contributed by atoms with Crippen LogP contribution in [0.2, 0.25) is 0 Å². The standard InChI is InChI=1S/C13H20O4/c1-10(7-12(15)8-14)17-9-11-3-5-13(16-2)6-4-11/h3-6,10,12,14-15H,7-9H2,1-2H3/t10-,12+/m0/s1. The van der Waals surface area contributed by atoms with Crippen LogP contribution in [0.4, 0.5) is 0 Å². The minimum Gasteiger partial charge on any atom is -0.497 e. The predicted octanol–water partition coefficient (Wildman–Crippen LogP) is 1.34. The van der Waals surface area contributed by atoms with Crippen molar-refractivity contribution in [1.29, 1.82) is 0 Å². The summed E-state index contributed by atoms with van der Waals surface area (Å²) in [6.45, 7) is 2.14. The van der Waals surface area contributed by atoms with Gasteiger partial charge in [-0.25, -0.2) is 0 Å². The van der Waals surface area contributed by atoms with Gasteiger partial charge in [0.15, 0.2) is 0 Å². The van der Waals surface area contributed by atoms with Crippen molar-refractivity contribution >= 4 is 0 Å². The van der Waals surface area contributed by atoms with Crippen LogP contribution < -0.4 is 4.74 Å². The maximum absolute atomic E-state index is 9.25. The molecule has 0 saturated carbocycles. The van der Waals surface area contributed by atoms with Crippen molar-refractivity contribution in [3.8, 4) is 5.75 Å². The van der Waals surface area contributed by atoms with Gasteiger partial charge in [-0.05, 0) is 24.6 Å². The van der Waals surface area contributed by atoms with Gasteiger partial charge in [-0.3, -0.25) is 0 Å². The zero-order valence-corrected chi connectivity index (χ0v) is 10.3. The molecule has 0 aliphatic heterocycles. The first kappa shape index (κ1) is 14.0. The number of hydrogen-bond donors (Lipinski definition) is 2. The van der Waals surface area contributed by atoms with Crippen LogP contribution in [0.5, 0.6) is 5.75 Å². The van der Waals surface area contributed by atoms with E-state index in [0.717, 1.165) is 11.3 Å². The van der Waals surface area contributed by atoms with Crippen molar-refractivity contribution in [3.63, 3.8) is 0 Å². The fourth-order valence-electron chi connectivity index (χ4n) is 1.49. The van der Waals surface area contributed by atoms with Crippen LogP contribution in [0.3, 0.4) is 0 Å². The lowest BCUT2D eigenvalue weighted by molar-refractivity contribution is -0.00107. The van der Waals surface area contributed by atoms with Crippen molar-refractivity contribution in [2.24, 2.45) is 0 Å². The first-order valence-electron chi connectivity index (χ1n) is 5.69. The van der Waals surface area contributed by atoms with Gasteiger partial charge >= 0.3 is 0 Å². The number of aliphatic hydroxyl groups excluding tert-OH is 2. The lowest BCUT2D eigenvalue weighted by Gasteiger charge is -2.15. The van der Waals surface area contributed by atoms with E-state index in [2.05, 4.69) is 0 Å². The molecule has 0 unspecified atom stereocenters. The Balaban J connectivity index is 2.34. The summed E-state index contributed by atoms with van der Waals surface area (Å²) in [5.74, 6) is 0.817. The molecule has 0 aliphatic rings. The largest absolute Gasteiger partial charge is 0.497 e. The van der Waals surface area contributed by atoms with Crippen LogP contribution >= 0.6 is 0 Å². The average molecular weight is 240 g/mol. The monoisotopic (exact) mass is 240 g/mol. The van der Waals surface area contributed by atoms with Crippen molar-refractivity contribution in [1.82, 2.24) is 0 Å². The molecule has 0 aliphatic carbocycles. The molecular formula is C13H20O4. The Morgan fingerprint density at radius 1 is 1.24 bits per heavy atom. The zero-order valence-electron chi connectivity index (χ0n) is 10.3. The second kappa shape index (κ2) is 7.27. The lowest BCUT2D eigenvalue weighted by Crippen LogP contribution is -2.20. The molecule has 0 amide bonds. The van der Waals surface area contributed by atoms with Crippen molar-refractivity contribution in [2.75, 3.05) is 13.7 Å². The summed E-state index contributed by atoms with van der Waals surface area (Å²) >= 11 is 0. The van der Waals surface area contributed by atoms with E-state index in [0.29, 0.717) is 13.0 Å². The molecule has 1 aromatic rings. The highest BCUT2D eigenvalue weighted by Crippen LogP contribution is 2.13. The molecular weight excluding hydrogens is 220 g/mol. The second-order valence-corrected chi connectivity index (χ2v) is 4.04. The normalized spacial score (nSPS) is 14.4. The summed E-state index contributed by atoms with van der Waals surface area (Å²) in [7, 11) is 1.63. The molecule has 0 spiro atoms. The third-order valence-corrected chi connectivity index (χ3v) is 2.51. The number of aliphatic hydroxyl groups is 2. The summed E-state index contributed by atoms with van der Waals surface area (Å²) in [5, 5.41) is 18.0. The van der Waals surface area contributed by atoms with Gasteiger partial charge in [0, 0.05) is 6.42 Å². The number of benzene rings is 1. The van der Waals surface area contributed by atoms with Crippen LogP contribution in [0, 0.1) is 0 Å². The Hall–Kier alpha value is -1.10. The molecule has 2 N–H and O–H groups in total. The van der Waals surface area contributed by atoms with E-state index in [9.17, 15) is 5.11 Å². The molecule has 0 heterocycles. The topological polar surface area (TPSA) is 58.9 Å². The van der Waals surface area contributed by atoms with Gasteiger partial charge in [-0.15, -0.1) is 0 Å². The third kappa shape index (κ3) is 5.17. The van der Waals surface area contributed by atoms with Gasteiger partial charge in [0.2, 0.25) is 0 Å². The molecule has 0 saturated heterocycles. The number of methoxy groups -OCH3 is 1. The van der Waals surface area contributed by atoms with Crippen LogP contribution in [0.15, 0.2) is 24.3 Å². The maximum atomic E-state index is 9.25. The fourth-order valence-corrected chi connectivity index (χ4v) is 1.49. The summed E-state index contributed by atoms with van der Waals surface area (Å²) < 4.78 is 10.6. The van der Waals surface area contributed by atoms with Crippen LogP contribution in [0.25, 0.3) is 0 Å². The Labute approximate surface area is 102 Å². The highest BCUT2D eigenvalue weighted by molar-refractivity contribution is 5.26. The Bertz CT molecular complexity index is 310. The predicted molar refractivity (Wildman–Crippen MR) is 65.0 cm³/mol. The molecule has 1 rings (SSSR count). The van der Waals surface area contributed by atoms with Gasteiger partial charge in [0.1, 0.15) is 5.75 Å². The Kier molecular flexibility index (Phi) is 5.97. The van der Waals surface area contributed by atoms with E-state index < -0.39 is 6.10 Å². The first-order chi connectivity index (χ1) is 8.15. The Morgan fingerprint density at radius 2 is 1.88 bits per heavy atom. The van der Waals surface area contributed by atoms with Crippen LogP contribution in [-0.2, 0) is 11.3 Å². The molecule has 1 aromatic carbocycles. The zero-order chi connectivity index (χ0) is 12.7. The average Bonchev–Trinajstić information content (AvgIpc) is 2.36. The molecule has 0 fully saturated rings. The molecule has 0 aromatic heterocycles. The first-order valence-corrected chi connectivity index (χ1v) is 5.69. The summed E-state index contributed by atoms with van der Waals surface area (Å²) in [4.78, 5) is 0. The van der Waals surface area contributed by atoms with Gasteiger partial charge in [0.05, 0.1) is 32.5 Å². The number of rotatable bonds is 7. The van der Waals surface area contributed by atoms with Crippen molar-refractivity contribution < 1.29 is 19.7 Å². The number of ether oxygens (including phenoxy) is 2. The molecule has 96 valence electrons. The van der Waals surface area contributed by atoms with Crippen LogP contribution in [-0.4, -0.2) is 36.1 Å². The lowest BCUT2D eigenvalue weighted by atomic mass is 10.2. The minimum absolute atomic E-state index is 0.0840. The smallest absolute Gasteiger partial charge is 0.118 e. The van der Waals surface area contributed by atoms with E-state index >= 15 is 0 Å². The van der Waals surface area contributed by atoms with E-state index in [-0.39, 0.29) is 12.7 Å². The van der Waals surface area contributed by atoms with Crippen molar-refractivity contribution in [2.45, 2.75) is 32.2 Å². The minimum atomic E-state index is -0.708. The van der Waals surface area contributed by atoms with E-state index in [4.69, 9.17) is 14.6 Å². The second-order valence-electron chi connectivity index (χ2n) is 4.04. The summed E-state index contributed by atoms with van der Waals surface area (Å²) in [6, 6.07) is 7.64. The molecule has 4 heteroatoms. The summed E-state index contributed by atoms with van der Waals surface area (Å²) in [6.07, 6.45) is -0.354. The third-order valence-electron chi connectivity index (χ3n) is 2.51. The Morgan fingerprint density at radius 3 is 2.41 bits per heavy atom. The molecule has 2 atom stereocenters. The van der Waals surface area contributed by atoms with Gasteiger partial charge < -0.3 is 19.7 Å². The highest BCUT2D eigenvalue weighted by Gasteiger charge is 2.09. The van der Waals surface area contributed by atoms with Gasteiger partial charge in [-0.2, -0.15) is 0 Å². The molecule has 17 heavy (non-hydrogen) atoms. The van der Waals surface area contributed by atoms with Gasteiger partial charge in [0.25, 0.3) is 0 Å².